The van der Waals surface area contributed by atoms with Gasteiger partial charge in [-0.15, -0.1) is 10.2 Å². The van der Waals surface area contributed by atoms with E-state index in [1.54, 1.807) is 0 Å². The number of aromatic nitrogens is 2. The Hall–Kier alpha value is -1.97. The third kappa shape index (κ3) is 6.29. The Kier molecular flexibility index (Phi) is 7.03. The van der Waals surface area contributed by atoms with E-state index in [9.17, 15) is 8.42 Å². The van der Waals surface area contributed by atoms with Crippen molar-refractivity contribution in [2.24, 2.45) is 11.1 Å². The molecule has 0 amide bonds. The molecule has 1 atom stereocenters. The van der Waals surface area contributed by atoms with E-state index in [2.05, 4.69) is 22.0 Å². The first kappa shape index (κ1) is 20.8. The SMILES string of the molecule is CCCCOc1ccc(-c2nnc(CN3CCC[C@@H](CS(N)(=O)=O)C3)o2)cc1. The van der Waals surface area contributed by atoms with E-state index in [1.807, 2.05) is 24.3 Å². The Morgan fingerprint density at radius 2 is 2.07 bits per heavy atom. The van der Waals surface area contributed by atoms with Crippen LogP contribution < -0.4 is 9.88 Å². The van der Waals surface area contributed by atoms with Crippen molar-refractivity contribution in [1.29, 1.82) is 0 Å². The number of nitrogens with two attached hydrogens (primary N) is 1. The maximum Gasteiger partial charge on any atom is 0.247 e. The molecule has 0 radical (unpaired) electrons. The van der Waals surface area contributed by atoms with E-state index in [0.29, 0.717) is 31.5 Å². The first-order chi connectivity index (χ1) is 13.4. The standard InChI is InChI=1S/C19H28N4O4S/c1-2-3-11-26-17-8-6-16(7-9-17)19-22-21-18(27-19)13-23-10-4-5-15(12-23)14-28(20,24)25/h6-9,15H,2-5,10-14H2,1H3,(H2,20,24,25)/t15-/m1/s1. The van der Waals surface area contributed by atoms with Gasteiger partial charge in [-0.1, -0.05) is 13.3 Å². The summed E-state index contributed by atoms with van der Waals surface area (Å²) in [5, 5.41) is 13.5. The van der Waals surface area contributed by atoms with E-state index in [-0.39, 0.29) is 11.7 Å². The van der Waals surface area contributed by atoms with Gasteiger partial charge in [-0.3, -0.25) is 4.90 Å². The van der Waals surface area contributed by atoms with Crippen molar-refractivity contribution < 1.29 is 17.6 Å². The van der Waals surface area contributed by atoms with Crippen LogP contribution in [0.4, 0.5) is 0 Å². The zero-order valence-corrected chi connectivity index (χ0v) is 17.0. The van der Waals surface area contributed by atoms with Gasteiger partial charge in [0.2, 0.25) is 21.8 Å². The molecule has 9 heteroatoms. The molecule has 2 aromatic rings. The zero-order chi connectivity index (χ0) is 20.0. The van der Waals surface area contributed by atoms with Crippen molar-refractivity contribution in [1.82, 2.24) is 15.1 Å². The normalized spacial score (nSPS) is 18.3. The number of hydrogen-bond acceptors (Lipinski definition) is 7. The molecule has 2 heterocycles. The number of primary sulfonamides is 1. The van der Waals surface area contributed by atoms with Gasteiger partial charge in [0.25, 0.3) is 0 Å². The zero-order valence-electron chi connectivity index (χ0n) is 16.2. The van der Waals surface area contributed by atoms with E-state index in [0.717, 1.165) is 43.5 Å². The molecule has 2 N–H and O–H groups in total. The molecule has 1 aromatic heterocycles. The van der Waals surface area contributed by atoms with Gasteiger partial charge in [-0.25, -0.2) is 13.6 Å². The fraction of sp³-hybridized carbons (Fsp3) is 0.579. The van der Waals surface area contributed by atoms with Crippen LogP contribution in [0, 0.1) is 5.92 Å². The van der Waals surface area contributed by atoms with Crippen LogP contribution in [-0.2, 0) is 16.6 Å². The summed E-state index contributed by atoms with van der Waals surface area (Å²) in [5.41, 5.74) is 0.840. The number of hydrogen-bond donors (Lipinski definition) is 1. The minimum Gasteiger partial charge on any atom is -0.494 e. The Morgan fingerprint density at radius 1 is 1.29 bits per heavy atom. The van der Waals surface area contributed by atoms with Gasteiger partial charge in [0.05, 0.1) is 18.9 Å². The summed E-state index contributed by atoms with van der Waals surface area (Å²) in [6.45, 7) is 4.89. The van der Waals surface area contributed by atoms with Crippen LogP contribution in [0.5, 0.6) is 5.75 Å². The lowest BCUT2D eigenvalue weighted by atomic mass is 10.0. The number of sulfonamides is 1. The molecule has 154 valence electrons. The second-order valence-electron chi connectivity index (χ2n) is 7.30. The maximum atomic E-state index is 11.3. The highest BCUT2D eigenvalue weighted by Crippen LogP contribution is 2.23. The molecule has 0 bridgehead atoms. The predicted molar refractivity (Wildman–Crippen MR) is 106 cm³/mol. The molecule has 0 saturated carbocycles. The summed E-state index contributed by atoms with van der Waals surface area (Å²) in [7, 11) is -3.45. The van der Waals surface area contributed by atoms with E-state index >= 15 is 0 Å². The van der Waals surface area contributed by atoms with Crippen molar-refractivity contribution in [3.63, 3.8) is 0 Å². The largest absolute Gasteiger partial charge is 0.494 e. The molecule has 0 spiro atoms. The Bertz CT molecular complexity index is 851. The first-order valence-electron chi connectivity index (χ1n) is 9.71. The van der Waals surface area contributed by atoms with Gasteiger partial charge in [-0.2, -0.15) is 0 Å². The summed E-state index contributed by atoms with van der Waals surface area (Å²) >= 11 is 0. The third-order valence-electron chi connectivity index (χ3n) is 4.76. The second kappa shape index (κ2) is 9.49. The number of ether oxygens (including phenoxy) is 1. The molecule has 0 unspecified atom stereocenters. The summed E-state index contributed by atoms with van der Waals surface area (Å²) in [5.74, 6) is 1.88. The first-order valence-corrected chi connectivity index (χ1v) is 11.4. The highest BCUT2D eigenvalue weighted by Gasteiger charge is 2.24. The molecule has 8 nitrogen and oxygen atoms in total. The number of piperidine rings is 1. The van der Waals surface area contributed by atoms with Crippen molar-refractivity contribution in [2.75, 3.05) is 25.4 Å². The maximum absolute atomic E-state index is 11.3. The summed E-state index contributed by atoms with van der Waals surface area (Å²) in [4.78, 5) is 2.14. The number of nitrogens with zero attached hydrogens (tertiary/aromatic N) is 3. The Labute approximate surface area is 166 Å². The minimum absolute atomic E-state index is 0.0191. The fourth-order valence-electron chi connectivity index (χ4n) is 3.41. The van der Waals surface area contributed by atoms with Crippen LogP contribution in [0.2, 0.25) is 0 Å². The second-order valence-corrected chi connectivity index (χ2v) is 8.96. The quantitative estimate of drug-likeness (QED) is 0.634. The van der Waals surface area contributed by atoms with Gasteiger partial charge in [-0.05, 0) is 56.0 Å². The Balaban J connectivity index is 1.56. The number of benzene rings is 1. The molecular formula is C19H28N4O4S. The van der Waals surface area contributed by atoms with E-state index < -0.39 is 10.0 Å². The summed E-state index contributed by atoms with van der Waals surface area (Å²) in [6, 6.07) is 7.61. The van der Waals surface area contributed by atoms with E-state index in [1.165, 1.54) is 0 Å². The van der Waals surface area contributed by atoms with Crippen LogP contribution in [-0.4, -0.2) is 49.0 Å². The van der Waals surface area contributed by atoms with Gasteiger partial charge in [0.1, 0.15) is 5.75 Å². The smallest absolute Gasteiger partial charge is 0.247 e. The molecule has 1 saturated heterocycles. The van der Waals surface area contributed by atoms with E-state index in [4.69, 9.17) is 14.3 Å². The van der Waals surface area contributed by atoms with Gasteiger partial charge in [0, 0.05) is 12.1 Å². The third-order valence-corrected chi connectivity index (χ3v) is 5.70. The number of rotatable bonds is 9. The van der Waals surface area contributed by atoms with Crippen molar-refractivity contribution >= 4 is 10.0 Å². The summed E-state index contributed by atoms with van der Waals surface area (Å²) < 4.78 is 34.1. The van der Waals surface area contributed by atoms with Crippen LogP contribution >= 0.6 is 0 Å². The average Bonchev–Trinajstić information content (AvgIpc) is 3.10. The van der Waals surface area contributed by atoms with Gasteiger partial charge >= 0.3 is 0 Å². The molecule has 1 aliphatic rings. The monoisotopic (exact) mass is 408 g/mol. The lowest BCUT2D eigenvalue weighted by Crippen LogP contribution is -2.38. The predicted octanol–water partition coefficient (Wildman–Crippen LogP) is 2.42. The highest BCUT2D eigenvalue weighted by atomic mass is 32.2. The van der Waals surface area contributed by atoms with Crippen LogP contribution in [0.1, 0.15) is 38.5 Å². The van der Waals surface area contributed by atoms with Crippen LogP contribution in [0.3, 0.4) is 0 Å². The molecule has 3 rings (SSSR count). The topological polar surface area (TPSA) is 112 Å². The average molecular weight is 409 g/mol. The molecule has 1 aromatic carbocycles. The van der Waals surface area contributed by atoms with Gasteiger partial charge < -0.3 is 9.15 Å². The van der Waals surface area contributed by atoms with Crippen molar-refractivity contribution in [3.8, 4) is 17.2 Å². The van der Waals surface area contributed by atoms with Crippen LogP contribution in [0.25, 0.3) is 11.5 Å². The van der Waals surface area contributed by atoms with Crippen LogP contribution in [0.15, 0.2) is 28.7 Å². The number of unbranched alkanes of at least 4 members (excludes halogenated alkanes) is 1. The summed E-state index contributed by atoms with van der Waals surface area (Å²) in [6.07, 6.45) is 3.93. The van der Waals surface area contributed by atoms with Crippen molar-refractivity contribution in [3.05, 3.63) is 30.2 Å². The fourth-order valence-corrected chi connectivity index (χ4v) is 4.34. The van der Waals surface area contributed by atoms with Crippen molar-refractivity contribution in [2.45, 2.75) is 39.2 Å². The molecule has 1 fully saturated rings. The molecular weight excluding hydrogens is 380 g/mol. The minimum atomic E-state index is -3.45. The molecule has 0 aliphatic carbocycles. The molecule has 28 heavy (non-hydrogen) atoms. The lowest BCUT2D eigenvalue weighted by molar-refractivity contribution is 0.164. The lowest BCUT2D eigenvalue weighted by Gasteiger charge is -2.31. The molecule has 1 aliphatic heterocycles. The number of likely N-dealkylation sites (tertiary alicyclic amines) is 1. The highest BCUT2D eigenvalue weighted by molar-refractivity contribution is 7.89. The Morgan fingerprint density at radius 3 is 2.79 bits per heavy atom. The van der Waals surface area contributed by atoms with Gasteiger partial charge in [0.15, 0.2) is 0 Å².